The first kappa shape index (κ1) is 14.0. The molecule has 7 nitrogen and oxygen atoms in total. The molecular formula is C14H21N5O2. The van der Waals surface area contributed by atoms with Crippen molar-refractivity contribution in [1.82, 2.24) is 25.0 Å². The quantitative estimate of drug-likeness (QED) is 0.838. The van der Waals surface area contributed by atoms with E-state index in [2.05, 4.69) is 15.4 Å². The van der Waals surface area contributed by atoms with Gasteiger partial charge in [0, 0.05) is 25.9 Å². The lowest BCUT2D eigenvalue weighted by Crippen LogP contribution is -2.54. The van der Waals surface area contributed by atoms with Crippen molar-refractivity contribution < 1.29 is 9.59 Å². The molecule has 114 valence electrons. The molecule has 2 unspecified atom stereocenters. The maximum Gasteiger partial charge on any atom is 0.243 e. The molecule has 7 heteroatoms. The second-order valence-corrected chi connectivity index (χ2v) is 5.83. The molecule has 0 radical (unpaired) electrons. The number of amides is 2. The van der Waals surface area contributed by atoms with E-state index in [1.54, 1.807) is 11.2 Å². The molecule has 0 saturated carbocycles. The van der Waals surface area contributed by atoms with Crippen molar-refractivity contribution >= 4 is 11.8 Å². The standard InChI is InChI=1S/C14H21N5O2/c1-10(20)18-7-3-2-4-12(18)14(21)17-11-5-6-13-15-9-16-19(13)8-11/h9,11-12H,2-8H2,1H3,(H,17,21). The summed E-state index contributed by atoms with van der Waals surface area (Å²) in [4.78, 5) is 30.0. The van der Waals surface area contributed by atoms with Crippen LogP contribution in [-0.2, 0) is 22.6 Å². The van der Waals surface area contributed by atoms with Crippen molar-refractivity contribution in [2.75, 3.05) is 6.54 Å². The van der Waals surface area contributed by atoms with Gasteiger partial charge in [0.2, 0.25) is 11.8 Å². The summed E-state index contributed by atoms with van der Waals surface area (Å²) in [6.45, 7) is 2.88. The van der Waals surface area contributed by atoms with Gasteiger partial charge in [0.15, 0.2) is 0 Å². The number of nitrogens with one attached hydrogen (secondary N) is 1. The van der Waals surface area contributed by atoms with Crippen molar-refractivity contribution in [1.29, 1.82) is 0 Å². The molecule has 2 amide bonds. The summed E-state index contributed by atoms with van der Waals surface area (Å²) < 4.78 is 1.85. The van der Waals surface area contributed by atoms with Gasteiger partial charge in [0.1, 0.15) is 18.2 Å². The highest BCUT2D eigenvalue weighted by Crippen LogP contribution is 2.18. The Labute approximate surface area is 123 Å². The van der Waals surface area contributed by atoms with Crippen molar-refractivity contribution in [2.45, 2.75) is 57.7 Å². The first-order chi connectivity index (χ1) is 10.1. The molecule has 1 fully saturated rings. The van der Waals surface area contributed by atoms with E-state index in [9.17, 15) is 9.59 Å². The number of likely N-dealkylation sites (tertiary alicyclic amines) is 1. The van der Waals surface area contributed by atoms with Crippen molar-refractivity contribution in [3.05, 3.63) is 12.2 Å². The maximum atomic E-state index is 12.5. The minimum Gasteiger partial charge on any atom is -0.350 e. The van der Waals surface area contributed by atoms with Crippen molar-refractivity contribution in [3.63, 3.8) is 0 Å². The van der Waals surface area contributed by atoms with Crippen LogP contribution in [0.2, 0.25) is 0 Å². The van der Waals surface area contributed by atoms with Crippen LogP contribution in [-0.4, -0.2) is 50.1 Å². The predicted molar refractivity (Wildman–Crippen MR) is 75.3 cm³/mol. The van der Waals surface area contributed by atoms with E-state index >= 15 is 0 Å². The number of carbonyl (C=O) groups is 2. The zero-order valence-corrected chi connectivity index (χ0v) is 12.3. The molecule has 1 aromatic rings. The predicted octanol–water partition coefficient (Wildman–Crippen LogP) is 0.110. The fourth-order valence-electron chi connectivity index (χ4n) is 3.23. The van der Waals surface area contributed by atoms with Crippen LogP contribution in [0.25, 0.3) is 0 Å². The van der Waals surface area contributed by atoms with Gasteiger partial charge < -0.3 is 10.2 Å². The van der Waals surface area contributed by atoms with Crippen LogP contribution in [0, 0.1) is 0 Å². The summed E-state index contributed by atoms with van der Waals surface area (Å²) in [5.41, 5.74) is 0. The highest BCUT2D eigenvalue weighted by atomic mass is 16.2. The number of aromatic nitrogens is 3. The highest BCUT2D eigenvalue weighted by molar-refractivity contribution is 5.87. The molecule has 0 aromatic carbocycles. The molecule has 0 bridgehead atoms. The van der Waals surface area contributed by atoms with Gasteiger partial charge in [-0.2, -0.15) is 5.10 Å². The Bertz CT molecular complexity index is 541. The van der Waals surface area contributed by atoms with Gasteiger partial charge >= 0.3 is 0 Å². The summed E-state index contributed by atoms with van der Waals surface area (Å²) in [7, 11) is 0. The lowest BCUT2D eigenvalue weighted by molar-refractivity contribution is -0.141. The number of hydrogen-bond acceptors (Lipinski definition) is 4. The van der Waals surface area contributed by atoms with E-state index in [4.69, 9.17) is 0 Å². The normalized spacial score (nSPS) is 25.3. The van der Waals surface area contributed by atoms with Crippen LogP contribution in [0.15, 0.2) is 6.33 Å². The molecule has 1 saturated heterocycles. The van der Waals surface area contributed by atoms with Crippen LogP contribution in [0.1, 0.15) is 38.4 Å². The van der Waals surface area contributed by atoms with Crippen LogP contribution >= 0.6 is 0 Å². The summed E-state index contributed by atoms with van der Waals surface area (Å²) in [5, 5.41) is 7.24. The summed E-state index contributed by atoms with van der Waals surface area (Å²) in [6.07, 6.45) is 5.99. The van der Waals surface area contributed by atoms with E-state index < -0.39 is 0 Å². The van der Waals surface area contributed by atoms with Gasteiger partial charge in [0.25, 0.3) is 0 Å². The number of rotatable bonds is 2. The first-order valence-corrected chi connectivity index (χ1v) is 7.59. The summed E-state index contributed by atoms with van der Waals surface area (Å²) >= 11 is 0. The number of piperidine rings is 1. The summed E-state index contributed by atoms with van der Waals surface area (Å²) in [5.74, 6) is 0.930. The Morgan fingerprint density at radius 1 is 1.33 bits per heavy atom. The monoisotopic (exact) mass is 291 g/mol. The number of hydrogen-bond donors (Lipinski definition) is 1. The Morgan fingerprint density at radius 2 is 2.19 bits per heavy atom. The number of aryl methyl sites for hydroxylation is 1. The Morgan fingerprint density at radius 3 is 3.00 bits per heavy atom. The number of fused-ring (bicyclic) bond motifs is 1. The zero-order valence-electron chi connectivity index (χ0n) is 12.3. The first-order valence-electron chi connectivity index (χ1n) is 7.59. The second-order valence-electron chi connectivity index (χ2n) is 5.83. The molecule has 21 heavy (non-hydrogen) atoms. The van der Waals surface area contributed by atoms with E-state index in [1.807, 2.05) is 4.68 Å². The molecule has 2 aliphatic heterocycles. The molecule has 3 heterocycles. The molecule has 3 rings (SSSR count). The Balaban J connectivity index is 1.62. The highest BCUT2D eigenvalue weighted by Gasteiger charge is 2.32. The molecular weight excluding hydrogens is 270 g/mol. The topological polar surface area (TPSA) is 80.1 Å². The van der Waals surface area contributed by atoms with Gasteiger partial charge in [0.05, 0.1) is 6.54 Å². The third-order valence-corrected chi connectivity index (χ3v) is 4.36. The van der Waals surface area contributed by atoms with Crippen molar-refractivity contribution in [2.24, 2.45) is 0 Å². The van der Waals surface area contributed by atoms with Gasteiger partial charge in [-0.15, -0.1) is 0 Å². The zero-order chi connectivity index (χ0) is 14.8. The summed E-state index contributed by atoms with van der Waals surface area (Å²) in [6, 6.07) is -0.240. The molecule has 0 aliphatic carbocycles. The second kappa shape index (κ2) is 5.83. The fraction of sp³-hybridized carbons (Fsp3) is 0.714. The van der Waals surface area contributed by atoms with E-state index in [-0.39, 0.29) is 23.9 Å². The van der Waals surface area contributed by atoms with Gasteiger partial charge in [-0.1, -0.05) is 0 Å². The maximum absolute atomic E-state index is 12.5. The largest absolute Gasteiger partial charge is 0.350 e. The van der Waals surface area contributed by atoms with Gasteiger partial charge in [-0.05, 0) is 25.7 Å². The van der Waals surface area contributed by atoms with Crippen LogP contribution in [0.5, 0.6) is 0 Å². The molecule has 2 atom stereocenters. The third-order valence-electron chi connectivity index (χ3n) is 4.36. The lowest BCUT2D eigenvalue weighted by atomic mass is 10.00. The average Bonchev–Trinajstić information content (AvgIpc) is 2.94. The Kier molecular flexibility index (Phi) is 3.90. The minimum atomic E-state index is -0.312. The SMILES string of the molecule is CC(=O)N1CCCCC1C(=O)NC1CCc2ncnn2C1. The van der Waals surface area contributed by atoms with E-state index in [0.29, 0.717) is 13.1 Å². The van der Waals surface area contributed by atoms with Gasteiger partial charge in [-0.3, -0.25) is 9.59 Å². The molecule has 1 N–H and O–H groups in total. The lowest BCUT2D eigenvalue weighted by Gasteiger charge is -2.35. The van der Waals surface area contributed by atoms with Crippen LogP contribution < -0.4 is 5.32 Å². The van der Waals surface area contributed by atoms with E-state index in [1.165, 1.54) is 6.92 Å². The fourth-order valence-corrected chi connectivity index (χ4v) is 3.23. The number of nitrogens with zero attached hydrogens (tertiary/aromatic N) is 4. The third kappa shape index (κ3) is 2.91. The van der Waals surface area contributed by atoms with Crippen LogP contribution in [0.4, 0.5) is 0 Å². The average molecular weight is 291 g/mol. The molecule has 0 spiro atoms. The number of carbonyl (C=O) groups excluding carboxylic acids is 2. The van der Waals surface area contributed by atoms with E-state index in [0.717, 1.165) is 37.9 Å². The van der Waals surface area contributed by atoms with Crippen LogP contribution in [0.3, 0.4) is 0 Å². The minimum absolute atomic E-state index is 0.0166. The molecule has 1 aromatic heterocycles. The molecule has 2 aliphatic rings. The smallest absolute Gasteiger partial charge is 0.243 e. The van der Waals surface area contributed by atoms with Gasteiger partial charge in [-0.25, -0.2) is 9.67 Å². The Hall–Kier alpha value is -1.92. The van der Waals surface area contributed by atoms with Crippen molar-refractivity contribution in [3.8, 4) is 0 Å².